The monoisotopic (exact) mass is 278 g/mol. The van der Waals surface area contributed by atoms with E-state index < -0.39 is 17.1 Å². The van der Waals surface area contributed by atoms with Gasteiger partial charge in [-0.3, -0.25) is 4.79 Å². The molecular formula is C13H11ClN2O3. The Labute approximate surface area is 114 Å². The van der Waals surface area contributed by atoms with Crippen molar-refractivity contribution in [1.82, 2.24) is 9.78 Å². The van der Waals surface area contributed by atoms with Crippen molar-refractivity contribution >= 4 is 17.6 Å². The Morgan fingerprint density at radius 3 is 2.63 bits per heavy atom. The Balaban J connectivity index is 2.73. The van der Waals surface area contributed by atoms with Gasteiger partial charge in [-0.2, -0.15) is 5.10 Å². The zero-order valence-electron chi connectivity index (χ0n) is 10.3. The van der Waals surface area contributed by atoms with E-state index in [1.54, 1.807) is 25.1 Å². The van der Waals surface area contributed by atoms with Crippen LogP contribution in [0.4, 0.5) is 0 Å². The Morgan fingerprint density at radius 1 is 1.32 bits per heavy atom. The van der Waals surface area contributed by atoms with Crippen molar-refractivity contribution < 1.29 is 9.90 Å². The molecule has 98 valence electrons. The van der Waals surface area contributed by atoms with Crippen molar-refractivity contribution in [3.8, 4) is 5.69 Å². The van der Waals surface area contributed by atoms with E-state index in [9.17, 15) is 9.59 Å². The summed E-state index contributed by atoms with van der Waals surface area (Å²) in [6.07, 6.45) is 1.49. The maximum atomic E-state index is 11.7. The van der Waals surface area contributed by atoms with E-state index in [0.29, 0.717) is 16.3 Å². The standard InChI is InChI=1S/C13H11ClN2O3/c1-7-3-4-9(14)5-10(7)16-6-8(2)12(17)11(15-16)13(18)19/h3-6H,1-2H3,(H,18,19). The molecule has 5 nitrogen and oxygen atoms in total. The van der Waals surface area contributed by atoms with E-state index in [1.165, 1.54) is 10.9 Å². The highest BCUT2D eigenvalue weighted by atomic mass is 35.5. The van der Waals surface area contributed by atoms with Crippen molar-refractivity contribution in [2.75, 3.05) is 0 Å². The highest BCUT2D eigenvalue weighted by molar-refractivity contribution is 6.30. The van der Waals surface area contributed by atoms with Gasteiger partial charge in [-0.05, 0) is 31.5 Å². The van der Waals surface area contributed by atoms with Crippen LogP contribution >= 0.6 is 11.6 Å². The largest absolute Gasteiger partial charge is 0.476 e. The number of aromatic carboxylic acids is 1. The van der Waals surface area contributed by atoms with Crippen molar-refractivity contribution in [3.05, 3.63) is 56.5 Å². The molecule has 0 aliphatic rings. The highest BCUT2D eigenvalue weighted by Crippen LogP contribution is 2.18. The molecule has 0 fully saturated rings. The lowest BCUT2D eigenvalue weighted by Gasteiger charge is -2.10. The molecule has 1 aromatic carbocycles. The molecule has 1 heterocycles. The first kappa shape index (κ1) is 13.3. The van der Waals surface area contributed by atoms with E-state index in [0.717, 1.165) is 5.56 Å². The van der Waals surface area contributed by atoms with Crippen LogP contribution in [0.15, 0.2) is 29.2 Å². The Bertz CT molecular complexity index is 722. The lowest BCUT2D eigenvalue weighted by molar-refractivity contribution is 0.0686. The van der Waals surface area contributed by atoms with Crippen LogP contribution in [0.2, 0.25) is 5.02 Å². The third kappa shape index (κ3) is 2.51. The van der Waals surface area contributed by atoms with E-state index >= 15 is 0 Å². The van der Waals surface area contributed by atoms with Crippen molar-refractivity contribution in [2.24, 2.45) is 0 Å². The predicted molar refractivity (Wildman–Crippen MR) is 71.3 cm³/mol. The number of hydrogen-bond acceptors (Lipinski definition) is 3. The fourth-order valence-electron chi connectivity index (χ4n) is 1.70. The number of aromatic nitrogens is 2. The van der Waals surface area contributed by atoms with Crippen LogP contribution < -0.4 is 5.43 Å². The zero-order valence-corrected chi connectivity index (χ0v) is 11.1. The van der Waals surface area contributed by atoms with Gasteiger partial charge in [0.1, 0.15) is 0 Å². The number of halogens is 1. The first-order valence-corrected chi connectivity index (χ1v) is 5.88. The van der Waals surface area contributed by atoms with Crippen molar-refractivity contribution in [1.29, 1.82) is 0 Å². The summed E-state index contributed by atoms with van der Waals surface area (Å²) in [5.74, 6) is -1.35. The fraction of sp³-hybridized carbons (Fsp3) is 0.154. The van der Waals surface area contributed by atoms with E-state index in [1.807, 2.05) is 6.92 Å². The van der Waals surface area contributed by atoms with Gasteiger partial charge < -0.3 is 5.11 Å². The minimum Gasteiger partial charge on any atom is -0.476 e. The SMILES string of the molecule is Cc1ccc(Cl)cc1-n1cc(C)c(=O)c(C(=O)O)n1. The lowest BCUT2D eigenvalue weighted by Crippen LogP contribution is -2.23. The maximum Gasteiger partial charge on any atom is 0.360 e. The quantitative estimate of drug-likeness (QED) is 0.914. The van der Waals surface area contributed by atoms with Crippen LogP contribution in [0.1, 0.15) is 21.6 Å². The van der Waals surface area contributed by atoms with Gasteiger partial charge in [0.15, 0.2) is 0 Å². The zero-order chi connectivity index (χ0) is 14.2. The lowest BCUT2D eigenvalue weighted by atomic mass is 10.2. The molecule has 0 saturated heterocycles. The van der Waals surface area contributed by atoms with Crippen LogP contribution in [0, 0.1) is 13.8 Å². The van der Waals surface area contributed by atoms with Gasteiger partial charge in [0.05, 0.1) is 5.69 Å². The van der Waals surface area contributed by atoms with Crippen molar-refractivity contribution in [3.63, 3.8) is 0 Å². The first-order chi connectivity index (χ1) is 8.90. The molecule has 2 rings (SSSR count). The highest BCUT2D eigenvalue weighted by Gasteiger charge is 2.15. The van der Waals surface area contributed by atoms with Crippen LogP contribution in [0.25, 0.3) is 5.69 Å². The molecule has 0 aliphatic heterocycles. The minimum absolute atomic E-state index is 0.312. The number of hydrogen-bond donors (Lipinski definition) is 1. The van der Waals surface area contributed by atoms with Gasteiger partial charge in [0.25, 0.3) is 0 Å². The summed E-state index contributed by atoms with van der Waals surface area (Å²) >= 11 is 5.92. The molecule has 0 spiro atoms. The molecule has 19 heavy (non-hydrogen) atoms. The second-order valence-electron chi connectivity index (χ2n) is 4.17. The van der Waals surface area contributed by atoms with Gasteiger partial charge in [-0.1, -0.05) is 17.7 Å². The number of aryl methyl sites for hydroxylation is 2. The number of nitrogens with zero attached hydrogens (tertiary/aromatic N) is 2. The van der Waals surface area contributed by atoms with Gasteiger partial charge >= 0.3 is 5.97 Å². The topological polar surface area (TPSA) is 72.2 Å². The Kier molecular flexibility index (Phi) is 3.40. The second-order valence-corrected chi connectivity index (χ2v) is 4.61. The first-order valence-electron chi connectivity index (χ1n) is 5.50. The van der Waals surface area contributed by atoms with E-state index in [2.05, 4.69) is 5.10 Å². The summed E-state index contributed by atoms with van der Waals surface area (Å²) < 4.78 is 1.36. The number of carboxylic acid groups (broad SMARTS) is 1. The van der Waals surface area contributed by atoms with E-state index in [-0.39, 0.29) is 0 Å². The van der Waals surface area contributed by atoms with Crippen LogP contribution in [0.3, 0.4) is 0 Å². The molecule has 0 aliphatic carbocycles. The number of benzene rings is 1. The van der Waals surface area contributed by atoms with Gasteiger partial charge in [0, 0.05) is 16.8 Å². The second kappa shape index (κ2) is 4.85. The summed E-state index contributed by atoms with van der Waals surface area (Å²) in [7, 11) is 0. The molecule has 0 radical (unpaired) electrons. The smallest absolute Gasteiger partial charge is 0.360 e. The normalized spacial score (nSPS) is 10.5. The molecule has 2 aromatic rings. The van der Waals surface area contributed by atoms with Gasteiger partial charge in [-0.15, -0.1) is 0 Å². The van der Waals surface area contributed by atoms with Crippen LogP contribution in [0.5, 0.6) is 0 Å². The van der Waals surface area contributed by atoms with Gasteiger partial charge in [0.2, 0.25) is 11.1 Å². The maximum absolute atomic E-state index is 11.7. The Morgan fingerprint density at radius 2 is 2.00 bits per heavy atom. The fourth-order valence-corrected chi connectivity index (χ4v) is 1.87. The predicted octanol–water partition coefficient (Wildman–Crippen LogP) is 2.20. The molecule has 0 amide bonds. The molecule has 1 aromatic heterocycles. The molecule has 1 N–H and O–H groups in total. The number of rotatable bonds is 2. The summed E-state index contributed by atoms with van der Waals surface area (Å²) in [4.78, 5) is 22.7. The van der Waals surface area contributed by atoms with Crippen LogP contribution in [-0.4, -0.2) is 20.9 Å². The molecule has 6 heteroatoms. The summed E-state index contributed by atoms with van der Waals surface area (Å²) in [6, 6.07) is 5.19. The average Bonchev–Trinajstić information content (AvgIpc) is 2.35. The summed E-state index contributed by atoms with van der Waals surface area (Å²) in [5, 5.41) is 13.3. The molecule has 0 bridgehead atoms. The molecule has 0 unspecified atom stereocenters. The number of carboxylic acids is 1. The third-order valence-corrected chi connectivity index (χ3v) is 2.95. The van der Waals surface area contributed by atoms with Gasteiger partial charge in [-0.25, -0.2) is 9.48 Å². The van der Waals surface area contributed by atoms with E-state index in [4.69, 9.17) is 16.7 Å². The minimum atomic E-state index is -1.35. The Hall–Kier alpha value is -2.14. The molecule has 0 saturated carbocycles. The average molecular weight is 279 g/mol. The number of carbonyl (C=O) groups is 1. The third-order valence-electron chi connectivity index (χ3n) is 2.72. The van der Waals surface area contributed by atoms with Crippen LogP contribution in [-0.2, 0) is 0 Å². The summed E-state index contributed by atoms with van der Waals surface area (Å²) in [5.41, 5.74) is 0.740. The molecular weight excluding hydrogens is 268 g/mol. The van der Waals surface area contributed by atoms with Crippen molar-refractivity contribution in [2.45, 2.75) is 13.8 Å². The molecule has 0 atom stereocenters. The summed E-state index contributed by atoms with van der Waals surface area (Å²) in [6.45, 7) is 3.40.